The lowest BCUT2D eigenvalue weighted by atomic mass is 10.1. The summed E-state index contributed by atoms with van der Waals surface area (Å²) in [6.45, 7) is 2.09. The molecule has 0 atom stereocenters. The fourth-order valence-electron chi connectivity index (χ4n) is 1.61. The monoisotopic (exact) mass is 185 g/mol. The predicted molar refractivity (Wildman–Crippen MR) is 57.8 cm³/mol. The quantitative estimate of drug-likeness (QED) is 0.601. The largest absolute Gasteiger partial charge is 0.212 e. The van der Waals surface area contributed by atoms with E-state index in [1.807, 2.05) is 35.9 Å². The van der Waals surface area contributed by atoms with Crippen LogP contribution in [-0.2, 0) is 7.05 Å². The van der Waals surface area contributed by atoms with Gasteiger partial charge in [-0.15, -0.1) is 0 Å². The minimum atomic E-state index is 0.524. The van der Waals surface area contributed by atoms with Crippen molar-refractivity contribution in [2.24, 2.45) is 7.05 Å². The molecule has 0 aliphatic heterocycles. The maximum atomic E-state index is 7.74. The van der Waals surface area contributed by atoms with Crippen LogP contribution in [0, 0.1) is 6.92 Å². The molecule has 14 heavy (non-hydrogen) atoms. The van der Waals surface area contributed by atoms with Crippen molar-refractivity contribution < 1.29 is 5.94 Å². The molecule has 1 aromatic heterocycles. The van der Waals surface area contributed by atoms with Gasteiger partial charge in [-0.05, 0) is 24.6 Å². The summed E-state index contributed by atoms with van der Waals surface area (Å²) in [5.41, 5.74) is 3.51. The lowest BCUT2D eigenvalue weighted by Gasteiger charge is -2.02. The highest BCUT2D eigenvalue weighted by atomic mass is 14.9. The van der Waals surface area contributed by atoms with E-state index >= 15 is 0 Å². The first kappa shape index (κ1) is 7.74. The van der Waals surface area contributed by atoms with Crippen LogP contribution < -0.4 is 4.57 Å². The standard InChI is InChI=1S/C13H14N/c1-11-7-3-4-8-12(11)13-9-5-6-10-14(13)2/h3-10H,1-2H3/q+1/i10D. The summed E-state index contributed by atoms with van der Waals surface area (Å²) in [4.78, 5) is 0. The van der Waals surface area contributed by atoms with Gasteiger partial charge in [-0.25, -0.2) is 4.57 Å². The number of pyridine rings is 1. The van der Waals surface area contributed by atoms with Crippen molar-refractivity contribution in [1.29, 1.82) is 0 Å². The Morgan fingerprint density at radius 1 is 1.07 bits per heavy atom. The summed E-state index contributed by atoms with van der Waals surface area (Å²) in [5.74, 6) is 0. The Balaban J connectivity index is 2.65. The van der Waals surface area contributed by atoms with Gasteiger partial charge in [0.05, 0.1) is 0 Å². The maximum Gasteiger partial charge on any atom is 0.212 e. The second kappa shape index (κ2) is 3.62. The van der Waals surface area contributed by atoms with Gasteiger partial charge in [-0.2, -0.15) is 0 Å². The van der Waals surface area contributed by atoms with Gasteiger partial charge < -0.3 is 0 Å². The van der Waals surface area contributed by atoms with Crippen LogP contribution >= 0.6 is 0 Å². The van der Waals surface area contributed by atoms with Crippen molar-refractivity contribution in [2.45, 2.75) is 6.92 Å². The average molecular weight is 185 g/mol. The molecule has 0 fully saturated rings. The smallest absolute Gasteiger partial charge is 0.201 e. The van der Waals surface area contributed by atoms with Gasteiger partial charge in [0.15, 0.2) is 6.17 Å². The third kappa shape index (κ3) is 1.53. The lowest BCUT2D eigenvalue weighted by molar-refractivity contribution is -0.660. The van der Waals surface area contributed by atoms with Crippen LogP contribution in [-0.4, -0.2) is 0 Å². The van der Waals surface area contributed by atoms with Gasteiger partial charge in [0, 0.05) is 17.7 Å². The number of rotatable bonds is 1. The van der Waals surface area contributed by atoms with Crippen molar-refractivity contribution in [1.82, 2.24) is 0 Å². The Kier molecular flexibility index (Phi) is 2.00. The van der Waals surface area contributed by atoms with Gasteiger partial charge in [-0.1, -0.05) is 18.2 Å². The predicted octanol–water partition coefficient (Wildman–Crippen LogP) is 2.49. The summed E-state index contributed by atoms with van der Waals surface area (Å²) in [5, 5.41) is 0. The van der Waals surface area contributed by atoms with E-state index in [0.717, 1.165) is 5.69 Å². The second-order valence-corrected chi connectivity index (χ2v) is 3.41. The highest BCUT2D eigenvalue weighted by Gasteiger charge is 2.09. The molecular formula is C13H14N+. The Morgan fingerprint density at radius 2 is 1.79 bits per heavy atom. The zero-order chi connectivity index (χ0) is 10.8. The van der Waals surface area contributed by atoms with Gasteiger partial charge in [0.1, 0.15) is 8.42 Å². The molecule has 1 heterocycles. The fraction of sp³-hybridized carbons (Fsp3) is 0.154. The van der Waals surface area contributed by atoms with E-state index in [4.69, 9.17) is 1.37 Å². The number of hydrogen-bond acceptors (Lipinski definition) is 0. The van der Waals surface area contributed by atoms with Gasteiger partial charge in [-0.3, -0.25) is 0 Å². The van der Waals surface area contributed by atoms with Gasteiger partial charge >= 0.3 is 0 Å². The molecule has 0 aliphatic rings. The molecule has 0 saturated heterocycles. The number of aromatic nitrogens is 1. The Bertz CT molecular complexity index is 492. The van der Waals surface area contributed by atoms with Gasteiger partial charge in [0.25, 0.3) is 0 Å². The SMILES string of the molecule is [2H]c1cccc(-c2ccccc2C)[n+]1C. The fourth-order valence-corrected chi connectivity index (χ4v) is 1.61. The average Bonchev–Trinajstić information content (AvgIpc) is 2.23. The summed E-state index contributed by atoms with van der Waals surface area (Å²) >= 11 is 0. The van der Waals surface area contributed by atoms with E-state index in [0.29, 0.717) is 6.17 Å². The Hall–Kier alpha value is -1.63. The van der Waals surface area contributed by atoms with Crippen molar-refractivity contribution >= 4 is 0 Å². The summed E-state index contributed by atoms with van der Waals surface area (Å²) in [6, 6.07) is 14.0. The molecule has 1 aromatic carbocycles. The molecule has 2 rings (SSSR count). The topological polar surface area (TPSA) is 3.88 Å². The molecule has 0 bridgehead atoms. The minimum absolute atomic E-state index is 0.524. The molecule has 2 aromatic rings. The van der Waals surface area contributed by atoms with E-state index in [-0.39, 0.29) is 0 Å². The van der Waals surface area contributed by atoms with Crippen LogP contribution in [0.4, 0.5) is 0 Å². The molecule has 0 aliphatic carbocycles. The van der Waals surface area contributed by atoms with Crippen LogP contribution in [0.25, 0.3) is 11.3 Å². The molecule has 0 amide bonds. The van der Waals surface area contributed by atoms with Crippen molar-refractivity contribution in [2.75, 3.05) is 0 Å². The van der Waals surface area contributed by atoms with E-state index in [2.05, 4.69) is 19.1 Å². The molecule has 0 N–H and O–H groups in total. The highest BCUT2D eigenvalue weighted by molar-refractivity contribution is 5.60. The molecule has 1 heteroatoms. The van der Waals surface area contributed by atoms with E-state index in [1.165, 1.54) is 11.1 Å². The summed E-state index contributed by atoms with van der Waals surface area (Å²) in [7, 11) is 1.92. The van der Waals surface area contributed by atoms with Gasteiger partial charge in [0.2, 0.25) is 5.69 Å². The number of hydrogen-bond donors (Lipinski definition) is 0. The highest BCUT2D eigenvalue weighted by Crippen LogP contribution is 2.18. The molecule has 1 nitrogen and oxygen atoms in total. The van der Waals surface area contributed by atoms with E-state index in [1.54, 1.807) is 6.07 Å². The summed E-state index contributed by atoms with van der Waals surface area (Å²) < 4.78 is 9.63. The zero-order valence-corrected chi connectivity index (χ0v) is 8.49. The third-order valence-electron chi connectivity index (χ3n) is 2.40. The first-order valence-corrected chi connectivity index (χ1v) is 4.72. The van der Waals surface area contributed by atoms with Crippen molar-refractivity contribution in [3.05, 3.63) is 54.2 Å². The maximum absolute atomic E-state index is 7.74. The Labute approximate surface area is 86.1 Å². The zero-order valence-electron chi connectivity index (χ0n) is 9.49. The molecule has 0 radical (unpaired) electrons. The molecule has 0 saturated carbocycles. The van der Waals surface area contributed by atoms with Crippen LogP contribution in [0.1, 0.15) is 6.93 Å². The number of nitrogens with zero attached hydrogens (tertiary/aromatic N) is 1. The molecule has 0 spiro atoms. The van der Waals surface area contributed by atoms with E-state index in [9.17, 15) is 0 Å². The second-order valence-electron chi connectivity index (χ2n) is 3.41. The normalized spacial score (nSPS) is 11.1. The van der Waals surface area contributed by atoms with Crippen LogP contribution in [0.5, 0.6) is 0 Å². The van der Waals surface area contributed by atoms with Crippen molar-refractivity contribution in [3.8, 4) is 11.3 Å². The molecule has 70 valence electrons. The van der Waals surface area contributed by atoms with Crippen molar-refractivity contribution in [3.63, 3.8) is 0 Å². The number of aryl methyl sites for hydroxylation is 1. The first-order chi connectivity index (χ1) is 7.20. The molecular weight excluding hydrogens is 170 g/mol. The van der Waals surface area contributed by atoms with E-state index < -0.39 is 0 Å². The van der Waals surface area contributed by atoms with Crippen LogP contribution in [0.15, 0.2) is 48.6 Å². The minimum Gasteiger partial charge on any atom is -0.201 e. The lowest BCUT2D eigenvalue weighted by Crippen LogP contribution is -2.30. The van der Waals surface area contributed by atoms with Crippen LogP contribution in [0.3, 0.4) is 0 Å². The molecule has 0 unspecified atom stereocenters. The van der Waals surface area contributed by atoms with Crippen LogP contribution in [0.2, 0.25) is 0 Å². The Morgan fingerprint density at radius 3 is 2.57 bits per heavy atom. The summed E-state index contributed by atoms with van der Waals surface area (Å²) in [6.07, 6.45) is 0.524. The third-order valence-corrected chi connectivity index (χ3v) is 2.40. The number of benzene rings is 1. The first-order valence-electron chi connectivity index (χ1n) is 5.22.